The number of hydrogen-bond acceptors (Lipinski definition) is 5. The summed E-state index contributed by atoms with van der Waals surface area (Å²) in [7, 11) is 1.46. The molecule has 20 heavy (non-hydrogen) atoms. The molecule has 1 fully saturated rings. The van der Waals surface area contributed by atoms with Gasteiger partial charge in [-0.3, -0.25) is 14.3 Å². The molecule has 2 N–H and O–H groups in total. The van der Waals surface area contributed by atoms with Gasteiger partial charge in [0.15, 0.2) is 6.23 Å². The quantitative estimate of drug-likeness (QED) is 0.802. The number of aliphatic hydroxyl groups excluding tert-OH is 1. The van der Waals surface area contributed by atoms with Crippen molar-refractivity contribution in [1.29, 1.82) is 0 Å². The van der Waals surface area contributed by atoms with Crippen molar-refractivity contribution in [3.05, 3.63) is 33.1 Å². The summed E-state index contributed by atoms with van der Waals surface area (Å²) >= 11 is 0. The standard InChI is InChI=1S/C13H20N2O5/c1-7(2)6-8-10(17)11(19-3)12(20-8)15-5-4-9(16)14-13(15)18/h4-5,7-8,10-12,17H,6H2,1-3H3,(H,14,16,18)/t8-,10+,11?,12-/m1/s1. The Morgan fingerprint density at radius 2 is 2.20 bits per heavy atom. The molecule has 1 unspecified atom stereocenters. The molecule has 0 aromatic carbocycles. The van der Waals surface area contributed by atoms with Crippen LogP contribution in [-0.2, 0) is 9.47 Å². The number of rotatable bonds is 4. The summed E-state index contributed by atoms with van der Waals surface area (Å²) in [5, 5.41) is 10.2. The van der Waals surface area contributed by atoms with Gasteiger partial charge in [-0.2, -0.15) is 0 Å². The molecule has 0 spiro atoms. The number of aromatic nitrogens is 2. The Labute approximate surface area is 116 Å². The zero-order chi connectivity index (χ0) is 14.9. The van der Waals surface area contributed by atoms with Crippen molar-refractivity contribution < 1.29 is 14.6 Å². The normalized spacial score (nSPS) is 30.1. The third-order valence-electron chi connectivity index (χ3n) is 3.41. The largest absolute Gasteiger partial charge is 0.388 e. The van der Waals surface area contributed by atoms with Crippen LogP contribution in [0.4, 0.5) is 0 Å². The minimum absolute atomic E-state index is 0.346. The second-order valence-electron chi connectivity index (χ2n) is 5.40. The molecule has 1 aliphatic rings. The lowest BCUT2D eigenvalue weighted by molar-refractivity contribution is -0.0564. The number of ether oxygens (including phenoxy) is 2. The Kier molecular flexibility index (Phi) is 4.42. The second-order valence-corrected chi connectivity index (χ2v) is 5.40. The molecule has 112 valence electrons. The molecule has 7 nitrogen and oxygen atoms in total. The van der Waals surface area contributed by atoms with E-state index >= 15 is 0 Å². The van der Waals surface area contributed by atoms with Gasteiger partial charge in [-0.1, -0.05) is 13.8 Å². The van der Waals surface area contributed by atoms with Gasteiger partial charge in [0.1, 0.15) is 12.2 Å². The summed E-state index contributed by atoms with van der Waals surface area (Å²) in [6, 6.07) is 1.24. The first-order chi connectivity index (χ1) is 9.43. The Morgan fingerprint density at radius 1 is 1.50 bits per heavy atom. The first kappa shape index (κ1) is 15.0. The maximum absolute atomic E-state index is 11.8. The van der Waals surface area contributed by atoms with Crippen LogP contribution in [0.1, 0.15) is 26.5 Å². The number of aromatic amines is 1. The van der Waals surface area contributed by atoms with Gasteiger partial charge in [0.05, 0.1) is 6.10 Å². The molecule has 0 radical (unpaired) electrons. The number of aliphatic hydroxyl groups is 1. The van der Waals surface area contributed by atoms with Crippen LogP contribution < -0.4 is 11.2 Å². The lowest BCUT2D eigenvalue weighted by atomic mass is 10.0. The molecule has 0 saturated carbocycles. The van der Waals surface area contributed by atoms with Crippen LogP contribution in [0, 0.1) is 5.92 Å². The van der Waals surface area contributed by atoms with E-state index in [1.54, 1.807) is 0 Å². The van der Waals surface area contributed by atoms with Crippen LogP contribution in [0.25, 0.3) is 0 Å². The highest BCUT2D eigenvalue weighted by molar-refractivity contribution is 4.94. The van der Waals surface area contributed by atoms with Crippen molar-refractivity contribution in [2.75, 3.05) is 7.11 Å². The molecule has 1 aromatic rings. The van der Waals surface area contributed by atoms with Gasteiger partial charge in [0, 0.05) is 19.4 Å². The van der Waals surface area contributed by atoms with Crippen LogP contribution in [0.5, 0.6) is 0 Å². The molecular weight excluding hydrogens is 264 g/mol. The third kappa shape index (κ3) is 2.84. The molecule has 1 aliphatic heterocycles. The number of H-pyrrole nitrogens is 1. The average Bonchev–Trinajstić information content (AvgIpc) is 2.65. The van der Waals surface area contributed by atoms with Gasteiger partial charge in [0.25, 0.3) is 5.56 Å². The van der Waals surface area contributed by atoms with Crippen molar-refractivity contribution >= 4 is 0 Å². The minimum atomic E-state index is -0.814. The second kappa shape index (κ2) is 5.90. The van der Waals surface area contributed by atoms with Gasteiger partial charge in [-0.25, -0.2) is 4.79 Å². The minimum Gasteiger partial charge on any atom is -0.388 e. The van der Waals surface area contributed by atoms with Crippen LogP contribution in [0.2, 0.25) is 0 Å². The number of hydrogen-bond donors (Lipinski definition) is 2. The summed E-state index contributed by atoms with van der Waals surface area (Å²) in [5.41, 5.74) is -1.06. The lowest BCUT2D eigenvalue weighted by Crippen LogP contribution is -2.38. The summed E-state index contributed by atoms with van der Waals surface area (Å²) < 4.78 is 12.3. The van der Waals surface area contributed by atoms with Gasteiger partial charge in [-0.05, 0) is 12.3 Å². The zero-order valence-electron chi connectivity index (χ0n) is 11.8. The maximum atomic E-state index is 11.8. The van der Waals surface area contributed by atoms with E-state index in [9.17, 15) is 14.7 Å². The van der Waals surface area contributed by atoms with E-state index in [1.807, 2.05) is 13.8 Å². The molecule has 0 amide bonds. The Bertz CT molecular complexity index is 564. The molecule has 1 aromatic heterocycles. The SMILES string of the molecule is COC1[C@@H](O)[C@@H](CC(C)C)O[C@H]1n1ccc(=O)[nH]c1=O. The summed E-state index contributed by atoms with van der Waals surface area (Å²) in [5.74, 6) is 0.346. The van der Waals surface area contributed by atoms with Gasteiger partial charge >= 0.3 is 5.69 Å². The van der Waals surface area contributed by atoms with Crippen LogP contribution in [0.3, 0.4) is 0 Å². The smallest absolute Gasteiger partial charge is 0.330 e. The Morgan fingerprint density at radius 3 is 2.75 bits per heavy atom. The van der Waals surface area contributed by atoms with Crippen molar-refractivity contribution in [2.45, 2.75) is 44.8 Å². The van der Waals surface area contributed by atoms with E-state index in [2.05, 4.69) is 4.98 Å². The van der Waals surface area contributed by atoms with E-state index in [0.717, 1.165) is 0 Å². The lowest BCUT2D eigenvalue weighted by Gasteiger charge is -2.20. The monoisotopic (exact) mass is 284 g/mol. The van der Waals surface area contributed by atoms with E-state index in [0.29, 0.717) is 12.3 Å². The zero-order valence-corrected chi connectivity index (χ0v) is 11.8. The van der Waals surface area contributed by atoms with Crippen molar-refractivity contribution in [2.24, 2.45) is 5.92 Å². The Hall–Kier alpha value is -1.44. The Balaban J connectivity index is 2.30. The van der Waals surface area contributed by atoms with E-state index < -0.39 is 35.8 Å². The average molecular weight is 284 g/mol. The molecular formula is C13H20N2O5. The highest BCUT2D eigenvalue weighted by Crippen LogP contribution is 2.33. The maximum Gasteiger partial charge on any atom is 0.330 e. The summed E-state index contributed by atoms with van der Waals surface area (Å²) in [4.78, 5) is 25.1. The molecule has 0 bridgehead atoms. The third-order valence-corrected chi connectivity index (χ3v) is 3.41. The highest BCUT2D eigenvalue weighted by atomic mass is 16.6. The fourth-order valence-corrected chi connectivity index (χ4v) is 2.48. The first-order valence-corrected chi connectivity index (χ1v) is 6.62. The number of methoxy groups -OCH3 is 1. The van der Waals surface area contributed by atoms with Gasteiger partial charge in [0.2, 0.25) is 0 Å². The first-order valence-electron chi connectivity index (χ1n) is 6.62. The summed E-state index contributed by atoms with van der Waals surface area (Å²) in [6.07, 6.45) is -0.599. The predicted molar refractivity (Wildman–Crippen MR) is 71.5 cm³/mol. The van der Waals surface area contributed by atoms with E-state index in [1.165, 1.54) is 23.9 Å². The van der Waals surface area contributed by atoms with Crippen molar-refractivity contribution in [3.63, 3.8) is 0 Å². The molecule has 2 heterocycles. The van der Waals surface area contributed by atoms with Crippen molar-refractivity contribution in [1.82, 2.24) is 9.55 Å². The summed E-state index contributed by atoms with van der Waals surface area (Å²) in [6.45, 7) is 4.05. The fourth-order valence-electron chi connectivity index (χ4n) is 2.48. The molecule has 2 rings (SSSR count). The number of nitrogens with zero attached hydrogens (tertiary/aromatic N) is 1. The number of nitrogens with one attached hydrogen (secondary N) is 1. The van der Waals surface area contributed by atoms with Crippen LogP contribution >= 0.6 is 0 Å². The fraction of sp³-hybridized carbons (Fsp3) is 0.692. The highest BCUT2D eigenvalue weighted by Gasteiger charge is 2.45. The van der Waals surface area contributed by atoms with Gasteiger partial charge < -0.3 is 14.6 Å². The van der Waals surface area contributed by atoms with Crippen molar-refractivity contribution in [3.8, 4) is 0 Å². The van der Waals surface area contributed by atoms with Gasteiger partial charge in [-0.15, -0.1) is 0 Å². The van der Waals surface area contributed by atoms with Crippen LogP contribution in [-0.4, -0.2) is 40.1 Å². The molecule has 7 heteroatoms. The molecule has 0 aliphatic carbocycles. The predicted octanol–water partition coefficient (Wildman–Crippen LogP) is -0.144. The van der Waals surface area contributed by atoms with Crippen LogP contribution in [0.15, 0.2) is 21.9 Å². The topological polar surface area (TPSA) is 93.5 Å². The molecule has 1 saturated heterocycles. The van der Waals surface area contributed by atoms with E-state index in [-0.39, 0.29) is 0 Å². The molecule has 4 atom stereocenters. The van der Waals surface area contributed by atoms with E-state index in [4.69, 9.17) is 9.47 Å².